The van der Waals surface area contributed by atoms with Gasteiger partial charge in [0.2, 0.25) is 0 Å². The summed E-state index contributed by atoms with van der Waals surface area (Å²) >= 11 is 1.45. The molecule has 4 rings (SSSR count). The van der Waals surface area contributed by atoms with Crippen molar-refractivity contribution in [2.45, 2.75) is 32.2 Å². The largest absolute Gasteiger partial charge is 0.493 e. The van der Waals surface area contributed by atoms with Crippen LogP contribution in [0.3, 0.4) is 0 Å². The van der Waals surface area contributed by atoms with Crippen molar-refractivity contribution in [3.63, 3.8) is 0 Å². The third-order valence-electron chi connectivity index (χ3n) is 5.48. The molecule has 0 saturated carbocycles. The monoisotopic (exact) mass is 459 g/mol. The Kier molecular flexibility index (Phi) is 7.93. The molecular weight excluding hydrogens is 430 g/mol. The molecule has 0 spiro atoms. The SMILES string of the molecule is C=CCc1ccccc1OCCCCn1c(CCNC(=O)c2cccs2)nc2ccccc21. The number of unbranched alkanes of at least 4 members (excludes halogenated alkanes) is 1. The van der Waals surface area contributed by atoms with Crippen LogP contribution in [0.4, 0.5) is 0 Å². The Morgan fingerprint density at radius 3 is 2.79 bits per heavy atom. The Labute approximate surface area is 198 Å². The number of aryl methyl sites for hydroxylation is 1. The summed E-state index contributed by atoms with van der Waals surface area (Å²) in [5, 5.41) is 4.92. The molecule has 33 heavy (non-hydrogen) atoms. The number of nitrogens with one attached hydrogen (secondary N) is 1. The van der Waals surface area contributed by atoms with E-state index in [1.807, 2.05) is 60.0 Å². The molecule has 170 valence electrons. The highest BCUT2D eigenvalue weighted by molar-refractivity contribution is 7.12. The first-order valence-electron chi connectivity index (χ1n) is 11.3. The fraction of sp³-hybridized carbons (Fsp3) is 0.259. The predicted octanol–water partition coefficient (Wildman–Crippen LogP) is 5.66. The van der Waals surface area contributed by atoms with Crippen molar-refractivity contribution in [3.05, 3.63) is 95.0 Å². The molecule has 2 aromatic carbocycles. The number of carbonyl (C=O) groups is 1. The molecule has 0 aliphatic carbocycles. The summed E-state index contributed by atoms with van der Waals surface area (Å²) in [5.41, 5.74) is 3.29. The molecule has 0 bridgehead atoms. The Bertz CT molecular complexity index is 1200. The quantitative estimate of drug-likeness (QED) is 0.220. The average molecular weight is 460 g/mol. The number of ether oxygens (including phenoxy) is 1. The summed E-state index contributed by atoms with van der Waals surface area (Å²) in [6.07, 6.45) is 5.33. The van der Waals surface area contributed by atoms with Crippen LogP contribution in [0.25, 0.3) is 11.0 Å². The van der Waals surface area contributed by atoms with Crippen LogP contribution < -0.4 is 10.1 Å². The second-order valence-electron chi connectivity index (χ2n) is 7.81. The summed E-state index contributed by atoms with van der Waals surface area (Å²) in [6.45, 7) is 5.93. The van der Waals surface area contributed by atoms with E-state index >= 15 is 0 Å². The molecule has 0 radical (unpaired) electrons. The molecule has 0 unspecified atom stereocenters. The van der Waals surface area contributed by atoms with E-state index in [-0.39, 0.29) is 5.91 Å². The van der Waals surface area contributed by atoms with Crippen LogP contribution in [0.5, 0.6) is 5.75 Å². The summed E-state index contributed by atoms with van der Waals surface area (Å²) < 4.78 is 8.31. The van der Waals surface area contributed by atoms with Gasteiger partial charge in [-0.1, -0.05) is 42.5 Å². The first kappa shape index (κ1) is 22.8. The van der Waals surface area contributed by atoms with Gasteiger partial charge in [0.05, 0.1) is 22.5 Å². The van der Waals surface area contributed by atoms with Gasteiger partial charge in [-0.3, -0.25) is 4.79 Å². The molecule has 0 aliphatic heterocycles. The van der Waals surface area contributed by atoms with Crippen molar-refractivity contribution < 1.29 is 9.53 Å². The molecule has 1 N–H and O–H groups in total. The second kappa shape index (κ2) is 11.5. The number of thiophene rings is 1. The summed E-state index contributed by atoms with van der Waals surface area (Å²) in [6, 6.07) is 20.1. The number of nitrogens with zero attached hydrogens (tertiary/aromatic N) is 2. The fourth-order valence-corrected chi connectivity index (χ4v) is 4.51. The Morgan fingerprint density at radius 1 is 1.09 bits per heavy atom. The van der Waals surface area contributed by atoms with Gasteiger partial charge >= 0.3 is 0 Å². The van der Waals surface area contributed by atoms with Crippen LogP contribution in [-0.4, -0.2) is 28.6 Å². The Hall–Kier alpha value is -3.38. The van der Waals surface area contributed by atoms with Crippen molar-refractivity contribution >= 4 is 28.3 Å². The number of imidazole rings is 1. The first-order chi connectivity index (χ1) is 16.3. The lowest BCUT2D eigenvalue weighted by Crippen LogP contribution is -2.25. The second-order valence-corrected chi connectivity index (χ2v) is 8.76. The molecule has 6 heteroatoms. The zero-order valence-electron chi connectivity index (χ0n) is 18.7. The van der Waals surface area contributed by atoms with Crippen molar-refractivity contribution in [2.24, 2.45) is 0 Å². The molecule has 0 fully saturated rings. The van der Waals surface area contributed by atoms with Crippen molar-refractivity contribution in [1.29, 1.82) is 0 Å². The van der Waals surface area contributed by atoms with Gasteiger partial charge in [-0.25, -0.2) is 4.98 Å². The number of allylic oxidation sites excluding steroid dienone is 1. The highest BCUT2D eigenvalue weighted by atomic mass is 32.1. The molecule has 2 aromatic heterocycles. The number of fused-ring (bicyclic) bond motifs is 1. The lowest BCUT2D eigenvalue weighted by Gasteiger charge is -2.12. The zero-order valence-corrected chi connectivity index (χ0v) is 19.5. The van der Waals surface area contributed by atoms with E-state index in [9.17, 15) is 4.79 Å². The minimum absolute atomic E-state index is 0.0263. The van der Waals surface area contributed by atoms with E-state index < -0.39 is 0 Å². The molecule has 0 aliphatic rings. The molecule has 0 saturated heterocycles. The Balaban J connectivity index is 1.33. The number of hydrogen-bond donors (Lipinski definition) is 1. The van der Waals surface area contributed by atoms with Crippen LogP contribution in [0, 0.1) is 0 Å². The van der Waals surface area contributed by atoms with E-state index in [4.69, 9.17) is 9.72 Å². The standard InChI is InChI=1S/C27H29N3O2S/c1-2-10-21-11-3-6-14-24(21)32-19-8-7-18-30-23-13-5-4-12-22(23)29-26(30)16-17-28-27(31)25-15-9-20-33-25/h2-6,9,11-15,20H,1,7-8,10,16-19H2,(H,28,31). The molecular formula is C27H29N3O2S. The first-order valence-corrected chi connectivity index (χ1v) is 12.2. The summed E-state index contributed by atoms with van der Waals surface area (Å²) in [7, 11) is 0. The number of carbonyl (C=O) groups excluding carboxylic acids is 1. The van der Waals surface area contributed by atoms with Gasteiger partial charge in [0.15, 0.2) is 0 Å². The number of amides is 1. The van der Waals surface area contributed by atoms with E-state index in [1.165, 1.54) is 16.9 Å². The van der Waals surface area contributed by atoms with Gasteiger partial charge in [-0.05, 0) is 54.5 Å². The number of aromatic nitrogens is 2. The van der Waals surface area contributed by atoms with Gasteiger partial charge in [-0.2, -0.15) is 0 Å². The summed E-state index contributed by atoms with van der Waals surface area (Å²) in [4.78, 5) is 17.8. The lowest BCUT2D eigenvalue weighted by atomic mass is 10.1. The molecule has 4 aromatic rings. The smallest absolute Gasteiger partial charge is 0.261 e. The van der Waals surface area contributed by atoms with Crippen LogP contribution in [-0.2, 0) is 19.4 Å². The molecule has 5 nitrogen and oxygen atoms in total. The highest BCUT2D eigenvalue weighted by Gasteiger charge is 2.12. The maximum atomic E-state index is 12.2. The summed E-state index contributed by atoms with van der Waals surface area (Å²) in [5.74, 6) is 1.91. The number of para-hydroxylation sites is 3. The van der Waals surface area contributed by atoms with Crippen LogP contribution in [0.15, 0.2) is 78.7 Å². The van der Waals surface area contributed by atoms with E-state index in [2.05, 4.69) is 28.6 Å². The van der Waals surface area contributed by atoms with Crippen LogP contribution >= 0.6 is 11.3 Å². The molecule has 0 atom stereocenters. The van der Waals surface area contributed by atoms with E-state index in [0.717, 1.165) is 53.3 Å². The lowest BCUT2D eigenvalue weighted by molar-refractivity contribution is 0.0958. The van der Waals surface area contributed by atoms with Crippen molar-refractivity contribution in [2.75, 3.05) is 13.2 Å². The Morgan fingerprint density at radius 2 is 1.94 bits per heavy atom. The maximum Gasteiger partial charge on any atom is 0.261 e. The number of rotatable bonds is 12. The van der Waals surface area contributed by atoms with Gasteiger partial charge in [0.25, 0.3) is 5.91 Å². The van der Waals surface area contributed by atoms with Crippen LogP contribution in [0.1, 0.15) is 33.9 Å². The average Bonchev–Trinajstić information content (AvgIpc) is 3.49. The molecule has 2 heterocycles. The third-order valence-corrected chi connectivity index (χ3v) is 6.35. The predicted molar refractivity (Wildman–Crippen MR) is 135 cm³/mol. The van der Waals surface area contributed by atoms with Gasteiger partial charge in [-0.15, -0.1) is 17.9 Å². The fourth-order valence-electron chi connectivity index (χ4n) is 3.87. The van der Waals surface area contributed by atoms with Gasteiger partial charge < -0.3 is 14.6 Å². The van der Waals surface area contributed by atoms with Gasteiger partial charge in [0.1, 0.15) is 11.6 Å². The van der Waals surface area contributed by atoms with E-state index in [1.54, 1.807) is 0 Å². The normalized spacial score (nSPS) is 10.9. The van der Waals surface area contributed by atoms with Gasteiger partial charge in [0, 0.05) is 19.5 Å². The van der Waals surface area contributed by atoms with Crippen molar-refractivity contribution in [3.8, 4) is 5.75 Å². The number of benzene rings is 2. The highest BCUT2D eigenvalue weighted by Crippen LogP contribution is 2.20. The maximum absolute atomic E-state index is 12.2. The van der Waals surface area contributed by atoms with E-state index in [0.29, 0.717) is 19.6 Å². The minimum atomic E-state index is -0.0263. The third kappa shape index (κ3) is 5.90. The van der Waals surface area contributed by atoms with Crippen LogP contribution in [0.2, 0.25) is 0 Å². The zero-order chi connectivity index (χ0) is 22.9. The topological polar surface area (TPSA) is 56.1 Å². The van der Waals surface area contributed by atoms with Crippen molar-refractivity contribution in [1.82, 2.24) is 14.9 Å². The number of hydrogen-bond acceptors (Lipinski definition) is 4. The molecule has 1 amide bonds. The minimum Gasteiger partial charge on any atom is -0.493 e.